The van der Waals surface area contributed by atoms with Gasteiger partial charge in [0.1, 0.15) is 11.2 Å². The molecule has 25 heavy (non-hydrogen) atoms. The van der Waals surface area contributed by atoms with E-state index in [2.05, 4.69) is 4.18 Å². The largest absolute Gasteiger partial charge is 0.534 e. The second kappa shape index (κ2) is 7.28. The highest BCUT2D eigenvalue weighted by Crippen LogP contribution is 2.48. The molecular formula is C13H17F3N2O5S2. The average Bonchev–Trinajstić information content (AvgIpc) is 2.45. The standard InChI is InChI=1S/C13H17F3N2O5S2/c1-7(6-24-2)12(11(18)20)8(10(17)19)4-3-5-9(12)23-25(21,22)13(14,15)16/h3-5,7-8H,6H2,1-2H3,(H2,17,19)(H2,18,20). The van der Waals surface area contributed by atoms with E-state index in [1.807, 2.05) is 0 Å². The summed E-state index contributed by atoms with van der Waals surface area (Å²) < 4.78 is 65.0. The van der Waals surface area contributed by atoms with Crippen molar-refractivity contribution in [1.29, 1.82) is 0 Å². The van der Waals surface area contributed by atoms with Gasteiger partial charge in [0.05, 0.1) is 5.92 Å². The van der Waals surface area contributed by atoms with Crippen LogP contribution < -0.4 is 11.5 Å². The third-order valence-corrected chi connectivity index (χ3v) is 5.64. The highest BCUT2D eigenvalue weighted by atomic mass is 32.2. The first kappa shape index (κ1) is 21.4. The van der Waals surface area contributed by atoms with Crippen molar-refractivity contribution in [3.63, 3.8) is 0 Å². The zero-order valence-corrected chi connectivity index (χ0v) is 14.9. The average molecular weight is 402 g/mol. The SMILES string of the molecule is CSCC(C)C1(C(N)=O)C(OS(=O)(=O)C(F)(F)F)=CC=CC1C(N)=O. The number of nitrogens with two attached hydrogens (primary N) is 2. The van der Waals surface area contributed by atoms with Crippen molar-refractivity contribution in [1.82, 2.24) is 0 Å². The summed E-state index contributed by atoms with van der Waals surface area (Å²) in [6, 6.07) is 0. The molecule has 3 unspecified atom stereocenters. The number of rotatable bonds is 7. The fourth-order valence-corrected chi connectivity index (χ4v) is 4.01. The minimum Gasteiger partial charge on any atom is -0.379 e. The van der Waals surface area contributed by atoms with Gasteiger partial charge in [0.15, 0.2) is 0 Å². The van der Waals surface area contributed by atoms with E-state index in [4.69, 9.17) is 11.5 Å². The Balaban J connectivity index is 3.61. The summed E-state index contributed by atoms with van der Waals surface area (Å²) in [5, 5.41) is 0. The second-order valence-corrected chi connectivity index (χ2v) is 7.82. The van der Waals surface area contributed by atoms with Gasteiger partial charge in [0.2, 0.25) is 11.8 Å². The molecule has 1 aliphatic rings. The summed E-state index contributed by atoms with van der Waals surface area (Å²) in [7, 11) is -6.07. The molecule has 12 heteroatoms. The highest BCUT2D eigenvalue weighted by molar-refractivity contribution is 7.98. The van der Waals surface area contributed by atoms with Gasteiger partial charge in [0.25, 0.3) is 0 Å². The maximum Gasteiger partial charge on any atom is 0.534 e. The Morgan fingerprint density at radius 2 is 1.96 bits per heavy atom. The fourth-order valence-electron chi connectivity index (χ4n) is 2.73. The quantitative estimate of drug-likeness (QED) is 0.480. The van der Waals surface area contributed by atoms with Crippen LogP contribution in [0, 0.1) is 17.3 Å². The summed E-state index contributed by atoms with van der Waals surface area (Å²) >= 11 is 1.22. The number of thioether (sulfide) groups is 1. The van der Waals surface area contributed by atoms with Gasteiger partial charge in [-0.3, -0.25) is 9.59 Å². The fraction of sp³-hybridized carbons (Fsp3) is 0.538. The van der Waals surface area contributed by atoms with E-state index in [0.717, 1.165) is 12.2 Å². The summed E-state index contributed by atoms with van der Waals surface area (Å²) in [5.74, 6) is -5.29. The van der Waals surface area contributed by atoms with E-state index < -0.39 is 50.5 Å². The Morgan fingerprint density at radius 1 is 1.40 bits per heavy atom. The molecule has 0 fully saturated rings. The van der Waals surface area contributed by atoms with Crippen LogP contribution in [0.2, 0.25) is 0 Å². The molecule has 4 N–H and O–H groups in total. The molecule has 2 amide bonds. The number of alkyl halides is 3. The molecule has 142 valence electrons. The zero-order valence-electron chi connectivity index (χ0n) is 13.2. The van der Waals surface area contributed by atoms with Crippen LogP contribution in [-0.2, 0) is 23.9 Å². The lowest BCUT2D eigenvalue weighted by molar-refractivity contribution is -0.139. The summed E-state index contributed by atoms with van der Waals surface area (Å²) in [4.78, 5) is 24.0. The smallest absolute Gasteiger partial charge is 0.379 e. The zero-order chi connectivity index (χ0) is 19.6. The van der Waals surface area contributed by atoms with E-state index >= 15 is 0 Å². The van der Waals surface area contributed by atoms with Gasteiger partial charge in [-0.05, 0) is 24.0 Å². The molecule has 0 heterocycles. The molecule has 0 aromatic carbocycles. The van der Waals surface area contributed by atoms with Gasteiger partial charge in [-0.25, -0.2) is 0 Å². The van der Waals surface area contributed by atoms with E-state index in [0.29, 0.717) is 0 Å². The topological polar surface area (TPSA) is 130 Å². The van der Waals surface area contributed by atoms with Gasteiger partial charge < -0.3 is 15.7 Å². The third kappa shape index (κ3) is 3.78. The molecule has 0 aromatic heterocycles. The van der Waals surface area contributed by atoms with E-state index in [-0.39, 0.29) is 5.75 Å². The summed E-state index contributed by atoms with van der Waals surface area (Å²) in [6.45, 7) is 1.44. The Hall–Kier alpha value is -1.69. The van der Waals surface area contributed by atoms with Crippen LogP contribution in [0.3, 0.4) is 0 Å². The number of carbonyl (C=O) groups excluding carboxylic acids is 2. The number of primary amides is 2. The highest BCUT2D eigenvalue weighted by Gasteiger charge is 2.58. The summed E-state index contributed by atoms with van der Waals surface area (Å²) in [6.07, 6.45) is 4.78. The first-order chi connectivity index (χ1) is 11.3. The van der Waals surface area contributed by atoms with E-state index in [9.17, 15) is 31.2 Å². The van der Waals surface area contributed by atoms with Crippen molar-refractivity contribution in [2.75, 3.05) is 12.0 Å². The molecule has 0 radical (unpaired) electrons. The molecular weight excluding hydrogens is 385 g/mol. The van der Waals surface area contributed by atoms with Crippen molar-refractivity contribution in [2.45, 2.75) is 12.4 Å². The lowest BCUT2D eigenvalue weighted by atomic mass is 9.63. The monoisotopic (exact) mass is 402 g/mol. The molecule has 0 bridgehead atoms. The van der Waals surface area contributed by atoms with Gasteiger partial charge >= 0.3 is 15.6 Å². The maximum absolute atomic E-state index is 12.7. The number of allylic oxidation sites excluding steroid dienone is 2. The number of carbonyl (C=O) groups is 2. The molecule has 0 aromatic rings. The first-order valence-electron chi connectivity index (χ1n) is 6.80. The molecule has 7 nitrogen and oxygen atoms in total. The predicted molar refractivity (Wildman–Crippen MR) is 85.1 cm³/mol. The van der Waals surface area contributed by atoms with Crippen molar-refractivity contribution < 1.29 is 35.4 Å². The van der Waals surface area contributed by atoms with Crippen LogP contribution in [0.4, 0.5) is 13.2 Å². The Labute approximate surface area is 146 Å². The minimum atomic E-state index is -6.07. The second-order valence-electron chi connectivity index (χ2n) is 5.37. The molecule has 0 spiro atoms. The van der Waals surface area contributed by atoms with Gasteiger partial charge in [-0.15, -0.1) is 0 Å². The lowest BCUT2D eigenvalue weighted by Crippen LogP contribution is -2.55. The minimum absolute atomic E-state index is 0.174. The van der Waals surface area contributed by atoms with Gasteiger partial charge in [-0.1, -0.05) is 19.1 Å². The summed E-state index contributed by atoms with van der Waals surface area (Å²) in [5.41, 5.74) is 2.78. The van der Waals surface area contributed by atoms with Crippen LogP contribution in [0.1, 0.15) is 6.92 Å². The van der Waals surface area contributed by atoms with Crippen LogP contribution in [0.25, 0.3) is 0 Å². The van der Waals surface area contributed by atoms with Crippen molar-refractivity contribution in [2.24, 2.45) is 28.7 Å². The molecule has 0 saturated heterocycles. The van der Waals surface area contributed by atoms with Crippen LogP contribution in [0.5, 0.6) is 0 Å². The molecule has 0 aliphatic heterocycles. The Kier molecular flexibility index (Phi) is 6.22. The van der Waals surface area contributed by atoms with Crippen molar-refractivity contribution in [3.05, 3.63) is 24.0 Å². The molecule has 1 aliphatic carbocycles. The third-order valence-electron chi connectivity index (χ3n) is 3.84. The van der Waals surface area contributed by atoms with Crippen LogP contribution >= 0.6 is 11.8 Å². The molecule has 0 saturated carbocycles. The normalized spacial score (nSPS) is 25.2. The van der Waals surface area contributed by atoms with Gasteiger partial charge in [-0.2, -0.15) is 33.4 Å². The number of halogens is 3. The number of amides is 2. The van der Waals surface area contributed by atoms with Crippen molar-refractivity contribution in [3.8, 4) is 0 Å². The number of hydrogen-bond acceptors (Lipinski definition) is 6. The Bertz CT molecular complexity index is 718. The van der Waals surface area contributed by atoms with E-state index in [1.54, 1.807) is 6.26 Å². The van der Waals surface area contributed by atoms with Gasteiger partial charge in [0, 0.05) is 0 Å². The lowest BCUT2D eigenvalue weighted by Gasteiger charge is -2.42. The maximum atomic E-state index is 12.7. The van der Waals surface area contributed by atoms with Crippen LogP contribution in [-0.4, -0.2) is 37.7 Å². The number of hydrogen-bond donors (Lipinski definition) is 2. The van der Waals surface area contributed by atoms with Crippen LogP contribution in [0.15, 0.2) is 24.0 Å². The van der Waals surface area contributed by atoms with E-state index in [1.165, 1.54) is 24.8 Å². The predicted octanol–water partition coefficient (Wildman–Crippen LogP) is 0.879. The Morgan fingerprint density at radius 3 is 2.36 bits per heavy atom. The molecule has 3 atom stereocenters. The molecule has 1 rings (SSSR count). The first-order valence-corrected chi connectivity index (χ1v) is 9.60. The van der Waals surface area contributed by atoms with Crippen molar-refractivity contribution >= 4 is 33.7 Å².